The lowest BCUT2D eigenvalue weighted by atomic mass is 10.1. The third-order valence-electron chi connectivity index (χ3n) is 2.29. The molecular weight excluding hydrogens is 248 g/mol. The molecule has 0 unspecified atom stereocenters. The van der Waals surface area contributed by atoms with E-state index in [4.69, 9.17) is 4.74 Å². The molecule has 0 fully saturated rings. The van der Waals surface area contributed by atoms with E-state index in [0.717, 1.165) is 16.4 Å². The van der Waals surface area contributed by atoms with E-state index in [9.17, 15) is 9.59 Å². The number of rotatable bonds is 2. The largest absolute Gasteiger partial charge is 0.456 e. The molecule has 4 heteroatoms. The highest BCUT2D eigenvalue weighted by molar-refractivity contribution is 7.20. The minimum Gasteiger partial charge on any atom is -0.456 e. The average molecular weight is 262 g/mol. The van der Waals surface area contributed by atoms with Crippen LogP contribution >= 0.6 is 11.3 Å². The fraction of sp³-hybridized carbons (Fsp3) is 0.286. The number of hydrogen-bond donors (Lipinski definition) is 0. The molecule has 94 valence electrons. The molecule has 1 aromatic carbocycles. The second kappa shape index (κ2) is 4.53. The monoisotopic (exact) mass is 262 g/mol. The van der Waals surface area contributed by atoms with Gasteiger partial charge in [-0.25, -0.2) is 4.79 Å². The molecule has 0 aliphatic carbocycles. The van der Waals surface area contributed by atoms with Crippen LogP contribution < -0.4 is 0 Å². The van der Waals surface area contributed by atoms with E-state index in [1.54, 1.807) is 12.1 Å². The lowest BCUT2D eigenvalue weighted by molar-refractivity contribution is 0.00697. The molecule has 0 radical (unpaired) electrons. The Bertz CT molecular complexity index is 605. The van der Waals surface area contributed by atoms with Crippen molar-refractivity contribution in [1.29, 1.82) is 0 Å². The Morgan fingerprint density at radius 3 is 2.61 bits per heavy atom. The molecule has 0 saturated heterocycles. The summed E-state index contributed by atoms with van der Waals surface area (Å²) in [5, 5.41) is 0.967. The van der Waals surface area contributed by atoms with Gasteiger partial charge in [0.2, 0.25) is 0 Å². The molecule has 0 bridgehead atoms. The molecule has 1 heterocycles. The SMILES string of the molecule is CC(C)(C)OC(=O)c1ccc2cc(C=O)sc2c1. The normalized spacial score (nSPS) is 11.5. The lowest BCUT2D eigenvalue weighted by Gasteiger charge is -2.19. The van der Waals surface area contributed by atoms with Crippen LogP contribution in [0.4, 0.5) is 0 Å². The summed E-state index contributed by atoms with van der Waals surface area (Å²) in [5.41, 5.74) is 0.00634. The lowest BCUT2D eigenvalue weighted by Crippen LogP contribution is -2.23. The Balaban J connectivity index is 2.34. The Hall–Kier alpha value is -1.68. The fourth-order valence-electron chi connectivity index (χ4n) is 1.57. The smallest absolute Gasteiger partial charge is 0.338 e. The van der Waals surface area contributed by atoms with Crippen LogP contribution in [0.15, 0.2) is 24.3 Å². The number of thiophene rings is 1. The Kier molecular flexibility index (Phi) is 3.22. The highest BCUT2D eigenvalue weighted by atomic mass is 32.1. The zero-order chi connectivity index (χ0) is 13.3. The zero-order valence-electron chi connectivity index (χ0n) is 10.5. The summed E-state index contributed by atoms with van der Waals surface area (Å²) in [6, 6.07) is 7.13. The van der Waals surface area contributed by atoms with E-state index in [1.165, 1.54) is 11.3 Å². The van der Waals surface area contributed by atoms with Crippen LogP contribution in [-0.4, -0.2) is 17.9 Å². The number of carbonyl (C=O) groups excluding carboxylic acids is 2. The van der Waals surface area contributed by atoms with Crippen molar-refractivity contribution in [3.05, 3.63) is 34.7 Å². The third-order valence-corrected chi connectivity index (χ3v) is 3.31. The van der Waals surface area contributed by atoms with Gasteiger partial charge in [-0.15, -0.1) is 11.3 Å². The number of esters is 1. The first-order chi connectivity index (χ1) is 8.39. The van der Waals surface area contributed by atoms with Gasteiger partial charge in [0.15, 0.2) is 6.29 Å². The standard InChI is InChI=1S/C14H14O3S/c1-14(2,3)17-13(16)10-5-4-9-6-11(8-15)18-12(9)7-10/h4-8H,1-3H3. The van der Waals surface area contributed by atoms with Crippen molar-refractivity contribution in [3.8, 4) is 0 Å². The Labute approximate surface area is 109 Å². The summed E-state index contributed by atoms with van der Waals surface area (Å²) in [6.07, 6.45) is 0.817. The van der Waals surface area contributed by atoms with Gasteiger partial charge in [-0.05, 0) is 44.4 Å². The maximum Gasteiger partial charge on any atom is 0.338 e. The minimum atomic E-state index is -0.505. The van der Waals surface area contributed by atoms with Crippen LogP contribution in [0.1, 0.15) is 40.8 Å². The molecule has 0 spiro atoms. The Morgan fingerprint density at radius 1 is 1.28 bits per heavy atom. The highest BCUT2D eigenvalue weighted by Crippen LogP contribution is 2.26. The first-order valence-corrected chi connectivity index (χ1v) is 6.43. The second-order valence-electron chi connectivity index (χ2n) is 5.02. The summed E-state index contributed by atoms with van der Waals surface area (Å²) in [7, 11) is 0. The van der Waals surface area contributed by atoms with Gasteiger partial charge in [-0.2, -0.15) is 0 Å². The number of hydrogen-bond acceptors (Lipinski definition) is 4. The van der Waals surface area contributed by atoms with Crippen molar-refractivity contribution in [2.75, 3.05) is 0 Å². The van der Waals surface area contributed by atoms with Crippen molar-refractivity contribution < 1.29 is 14.3 Å². The van der Waals surface area contributed by atoms with Gasteiger partial charge in [0.25, 0.3) is 0 Å². The van der Waals surface area contributed by atoms with Crippen LogP contribution in [0.3, 0.4) is 0 Å². The number of aldehydes is 1. The molecule has 0 amide bonds. The van der Waals surface area contributed by atoms with E-state index in [0.29, 0.717) is 10.4 Å². The quantitative estimate of drug-likeness (QED) is 0.612. The number of carbonyl (C=O) groups is 2. The van der Waals surface area contributed by atoms with Gasteiger partial charge in [0.1, 0.15) is 5.60 Å². The molecule has 0 N–H and O–H groups in total. The van der Waals surface area contributed by atoms with Crippen LogP contribution in [-0.2, 0) is 4.74 Å². The first-order valence-electron chi connectivity index (χ1n) is 5.61. The molecule has 2 rings (SSSR count). The maximum atomic E-state index is 11.9. The van der Waals surface area contributed by atoms with E-state index >= 15 is 0 Å². The maximum absolute atomic E-state index is 11.9. The number of fused-ring (bicyclic) bond motifs is 1. The van der Waals surface area contributed by atoms with Gasteiger partial charge >= 0.3 is 5.97 Å². The molecular formula is C14H14O3S. The molecule has 0 saturated carbocycles. The zero-order valence-corrected chi connectivity index (χ0v) is 11.3. The highest BCUT2D eigenvalue weighted by Gasteiger charge is 2.18. The van der Waals surface area contributed by atoms with Crippen molar-refractivity contribution in [1.82, 2.24) is 0 Å². The molecule has 0 atom stereocenters. The van der Waals surface area contributed by atoms with E-state index < -0.39 is 5.60 Å². The second-order valence-corrected chi connectivity index (χ2v) is 6.14. The minimum absolute atomic E-state index is 0.342. The van der Waals surface area contributed by atoms with Crippen molar-refractivity contribution in [3.63, 3.8) is 0 Å². The summed E-state index contributed by atoms with van der Waals surface area (Å²) in [4.78, 5) is 23.3. The van der Waals surface area contributed by atoms with E-state index in [1.807, 2.05) is 32.9 Å². The number of benzene rings is 1. The average Bonchev–Trinajstić information content (AvgIpc) is 2.68. The van der Waals surface area contributed by atoms with Gasteiger partial charge in [-0.3, -0.25) is 4.79 Å². The molecule has 3 nitrogen and oxygen atoms in total. The molecule has 1 aromatic heterocycles. The first kappa shape index (κ1) is 12.8. The Morgan fingerprint density at radius 2 is 2.00 bits per heavy atom. The van der Waals surface area contributed by atoms with Gasteiger partial charge in [0.05, 0.1) is 10.4 Å². The van der Waals surface area contributed by atoms with Crippen molar-refractivity contribution >= 4 is 33.7 Å². The summed E-state index contributed by atoms with van der Waals surface area (Å²) >= 11 is 1.37. The molecule has 2 aromatic rings. The predicted molar refractivity (Wildman–Crippen MR) is 72.4 cm³/mol. The van der Waals surface area contributed by atoms with Crippen LogP contribution in [0.25, 0.3) is 10.1 Å². The summed E-state index contributed by atoms with van der Waals surface area (Å²) in [5.74, 6) is -0.342. The van der Waals surface area contributed by atoms with Gasteiger partial charge < -0.3 is 4.74 Å². The number of ether oxygens (including phenoxy) is 1. The van der Waals surface area contributed by atoms with Crippen LogP contribution in [0, 0.1) is 0 Å². The van der Waals surface area contributed by atoms with Crippen molar-refractivity contribution in [2.24, 2.45) is 0 Å². The molecule has 0 aliphatic heterocycles. The summed E-state index contributed by atoms with van der Waals surface area (Å²) in [6.45, 7) is 5.50. The third kappa shape index (κ3) is 2.76. The van der Waals surface area contributed by atoms with Crippen LogP contribution in [0.5, 0.6) is 0 Å². The van der Waals surface area contributed by atoms with Gasteiger partial charge in [0, 0.05) is 4.70 Å². The van der Waals surface area contributed by atoms with Crippen molar-refractivity contribution in [2.45, 2.75) is 26.4 Å². The molecule has 18 heavy (non-hydrogen) atoms. The van der Waals surface area contributed by atoms with Crippen LogP contribution in [0.2, 0.25) is 0 Å². The van der Waals surface area contributed by atoms with E-state index in [-0.39, 0.29) is 5.97 Å². The van der Waals surface area contributed by atoms with E-state index in [2.05, 4.69) is 0 Å². The fourth-order valence-corrected chi connectivity index (χ4v) is 2.49. The topological polar surface area (TPSA) is 43.4 Å². The predicted octanol–water partition coefficient (Wildman–Crippen LogP) is 3.67. The molecule has 0 aliphatic rings. The summed E-state index contributed by atoms with van der Waals surface area (Å²) < 4.78 is 6.22. The van der Waals surface area contributed by atoms with Gasteiger partial charge in [-0.1, -0.05) is 6.07 Å².